The van der Waals surface area contributed by atoms with Crippen molar-refractivity contribution in [1.29, 1.82) is 0 Å². The molecule has 1 atom stereocenters. The molecule has 0 aliphatic rings. The van der Waals surface area contributed by atoms with Crippen molar-refractivity contribution in [3.05, 3.63) is 58.9 Å². The van der Waals surface area contributed by atoms with Crippen LogP contribution >= 0.6 is 11.6 Å². The van der Waals surface area contributed by atoms with Gasteiger partial charge in [-0.05, 0) is 29.8 Å². The number of nitrogens with two attached hydrogens (primary N) is 1. The predicted molar refractivity (Wildman–Crippen MR) is 64.2 cm³/mol. The molecule has 4 heteroatoms. The molecule has 16 heavy (non-hydrogen) atoms. The fraction of sp³-hybridized carbons (Fsp3) is 0.0833. The zero-order chi connectivity index (χ0) is 11.5. The molecule has 0 radical (unpaired) electrons. The highest BCUT2D eigenvalue weighted by molar-refractivity contribution is 6.30. The first kappa shape index (κ1) is 10.9. The number of hydrogen-bond acceptors (Lipinski definition) is 3. The zero-order valence-electron chi connectivity index (χ0n) is 8.47. The number of benzene rings is 1. The molecule has 3 N–H and O–H groups in total. The summed E-state index contributed by atoms with van der Waals surface area (Å²) in [7, 11) is 0. The number of anilines is 1. The maximum absolute atomic E-state index is 10.1. The van der Waals surface area contributed by atoms with Gasteiger partial charge < -0.3 is 10.8 Å². The predicted octanol–water partition coefficient (Wildman–Crippen LogP) is 2.40. The lowest BCUT2D eigenvalue weighted by atomic mass is 10.0. The van der Waals surface area contributed by atoms with E-state index < -0.39 is 6.10 Å². The molecular formula is C12H11ClN2O. The highest BCUT2D eigenvalue weighted by Crippen LogP contribution is 2.28. The Bertz CT molecular complexity index is 488. The SMILES string of the molecule is Nc1cc(Cl)ccc1C(O)c1ccncc1. The minimum Gasteiger partial charge on any atom is -0.398 e. The first-order chi connectivity index (χ1) is 7.68. The van der Waals surface area contributed by atoms with Gasteiger partial charge in [-0.3, -0.25) is 4.98 Å². The maximum Gasteiger partial charge on any atom is 0.106 e. The van der Waals surface area contributed by atoms with Gasteiger partial charge in [-0.15, -0.1) is 0 Å². The lowest BCUT2D eigenvalue weighted by Gasteiger charge is -2.13. The van der Waals surface area contributed by atoms with Gasteiger partial charge in [0.1, 0.15) is 6.10 Å². The highest BCUT2D eigenvalue weighted by Gasteiger charge is 2.13. The number of rotatable bonds is 2. The van der Waals surface area contributed by atoms with Crippen LogP contribution in [-0.2, 0) is 0 Å². The van der Waals surface area contributed by atoms with E-state index >= 15 is 0 Å². The average molecular weight is 235 g/mol. The van der Waals surface area contributed by atoms with E-state index in [1.54, 1.807) is 42.7 Å². The zero-order valence-corrected chi connectivity index (χ0v) is 9.22. The van der Waals surface area contributed by atoms with Gasteiger partial charge in [0.2, 0.25) is 0 Å². The Hall–Kier alpha value is -1.58. The van der Waals surface area contributed by atoms with Gasteiger partial charge >= 0.3 is 0 Å². The van der Waals surface area contributed by atoms with E-state index in [1.807, 2.05) is 0 Å². The second-order valence-electron chi connectivity index (χ2n) is 3.46. The summed E-state index contributed by atoms with van der Waals surface area (Å²) < 4.78 is 0. The molecular weight excluding hydrogens is 224 g/mol. The minimum atomic E-state index is -0.750. The van der Waals surface area contributed by atoms with Crippen LogP contribution in [0.1, 0.15) is 17.2 Å². The first-order valence-electron chi connectivity index (χ1n) is 4.81. The Kier molecular flexibility index (Phi) is 3.08. The number of aromatic nitrogens is 1. The summed E-state index contributed by atoms with van der Waals surface area (Å²) in [5.41, 5.74) is 7.69. The van der Waals surface area contributed by atoms with Gasteiger partial charge in [-0.1, -0.05) is 17.7 Å². The van der Waals surface area contributed by atoms with E-state index in [0.29, 0.717) is 16.3 Å². The van der Waals surface area contributed by atoms with Crippen LogP contribution in [0.3, 0.4) is 0 Å². The lowest BCUT2D eigenvalue weighted by molar-refractivity contribution is 0.221. The highest BCUT2D eigenvalue weighted by atomic mass is 35.5. The standard InChI is InChI=1S/C12H11ClN2O/c13-9-1-2-10(11(14)7-9)12(16)8-3-5-15-6-4-8/h1-7,12,16H,14H2. The molecule has 0 aliphatic carbocycles. The van der Waals surface area contributed by atoms with Crippen LogP contribution in [0.2, 0.25) is 5.02 Å². The van der Waals surface area contributed by atoms with Crippen molar-refractivity contribution in [3.63, 3.8) is 0 Å². The largest absolute Gasteiger partial charge is 0.398 e. The van der Waals surface area contributed by atoms with Crippen molar-refractivity contribution >= 4 is 17.3 Å². The number of nitrogens with zero attached hydrogens (tertiary/aromatic N) is 1. The van der Waals surface area contributed by atoms with Crippen molar-refractivity contribution in [2.75, 3.05) is 5.73 Å². The summed E-state index contributed by atoms with van der Waals surface area (Å²) in [6.45, 7) is 0. The van der Waals surface area contributed by atoms with E-state index in [2.05, 4.69) is 4.98 Å². The molecule has 0 fully saturated rings. The molecule has 0 saturated carbocycles. The lowest BCUT2D eigenvalue weighted by Crippen LogP contribution is -2.03. The summed E-state index contributed by atoms with van der Waals surface area (Å²) in [4.78, 5) is 3.89. The average Bonchev–Trinajstić information content (AvgIpc) is 2.29. The van der Waals surface area contributed by atoms with Gasteiger partial charge in [0, 0.05) is 28.7 Å². The molecule has 0 bridgehead atoms. The Morgan fingerprint density at radius 1 is 1.19 bits per heavy atom. The smallest absolute Gasteiger partial charge is 0.106 e. The number of hydrogen-bond donors (Lipinski definition) is 2. The summed E-state index contributed by atoms with van der Waals surface area (Å²) in [6.07, 6.45) is 2.51. The van der Waals surface area contributed by atoms with E-state index in [9.17, 15) is 5.11 Å². The second kappa shape index (κ2) is 4.51. The molecule has 82 valence electrons. The Balaban J connectivity index is 2.38. The molecule has 1 aromatic heterocycles. The van der Waals surface area contributed by atoms with Gasteiger partial charge in [-0.25, -0.2) is 0 Å². The molecule has 1 aromatic carbocycles. The Morgan fingerprint density at radius 2 is 1.88 bits per heavy atom. The number of nitrogen functional groups attached to an aromatic ring is 1. The summed E-state index contributed by atoms with van der Waals surface area (Å²) in [5.74, 6) is 0. The molecule has 1 heterocycles. The summed E-state index contributed by atoms with van der Waals surface area (Å²) in [5, 5.41) is 10.7. The van der Waals surface area contributed by atoms with Crippen LogP contribution in [0.25, 0.3) is 0 Å². The third-order valence-electron chi connectivity index (χ3n) is 2.37. The number of pyridine rings is 1. The van der Waals surface area contributed by atoms with Crippen molar-refractivity contribution in [2.45, 2.75) is 6.10 Å². The maximum atomic E-state index is 10.1. The third kappa shape index (κ3) is 2.15. The van der Waals surface area contributed by atoms with Gasteiger partial charge in [-0.2, -0.15) is 0 Å². The fourth-order valence-corrected chi connectivity index (χ4v) is 1.70. The molecule has 1 unspecified atom stereocenters. The van der Waals surface area contributed by atoms with Crippen LogP contribution in [0.4, 0.5) is 5.69 Å². The van der Waals surface area contributed by atoms with Gasteiger partial charge in [0.15, 0.2) is 0 Å². The summed E-state index contributed by atoms with van der Waals surface area (Å²) >= 11 is 5.80. The molecule has 0 amide bonds. The van der Waals surface area contributed by atoms with Crippen LogP contribution in [0.15, 0.2) is 42.7 Å². The molecule has 2 rings (SSSR count). The molecule has 0 saturated heterocycles. The van der Waals surface area contributed by atoms with Crippen molar-refractivity contribution in [3.8, 4) is 0 Å². The van der Waals surface area contributed by atoms with Crippen LogP contribution in [-0.4, -0.2) is 10.1 Å². The monoisotopic (exact) mass is 234 g/mol. The van der Waals surface area contributed by atoms with Gasteiger partial charge in [0.05, 0.1) is 0 Å². The van der Waals surface area contributed by atoms with Crippen LogP contribution in [0, 0.1) is 0 Å². The topological polar surface area (TPSA) is 59.1 Å². The van der Waals surface area contributed by atoms with Crippen LogP contribution in [0.5, 0.6) is 0 Å². The minimum absolute atomic E-state index is 0.483. The van der Waals surface area contributed by atoms with Gasteiger partial charge in [0.25, 0.3) is 0 Å². The van der Waals surface area contributed by atoms with Crippen molar-refractivity contribution in [2.24, 2.45) is 0 Å². The normalized spacial score (nSPS) is 12.4. The third-order valence-corrected chi connectivity index (χ3v) is 2.60. The van der Waals surface area contributed by atoms with E-state index in [4.69, 9.17) is 17.3 Å². The quantitative estimate of drug-likeness (QED) is 0.785. The van der Waals surface area contributed by atoms with Crippen molar-refractivity contribution < 1.29 is 5.11 Å². The number of aliphatic hydroxyl groups excluding tert-OH is 1. The molecule has 2 aromatic rings. The van der Waals surface area contributed by atoms with E-state index in [1.165, 1.54) is 0 Å². The first-order valence-corrected chi connectivity index (χ1v) is 5.19. The number of aliphatic hydroxyl groups is 1. The summed E-state index contributed by atoms with van der Waals surface area (Å²) in [6, 6.07) is 8.55. The van der Waals surface area contributed by atoms with Crippen LogP contribution < -0.4 is 5.73 Å². The molecule has 3 nitrogen and oxygen atoms in total. The van der Waals surface area contributed by atoms with E-state index in [-0.39, 0.29) is 0 Å². The number of halogens is 1. The fourth-order valence-electron chi connectivity index (χ4n) is 1.52. The Labute approximate surface area is 98.5 Å². The van der Waals surface area contributed by atoms with E-state index in [0.717, 1.165) is 5.56 Å². The van der Waals surface area contributed by atoms with Crippen molar-refractivity contribution in [1.82, 2.24) is 4.98 Å². The second-order valence-corrected chi connectivity index (χ2v) is 3.89. The Morgan fingerprint density at radius 3 is 2.50 bits per heavy atom. The molecule has 0 spiro atoms. The molecule has 0 aliphatic heterocycles.